The van der Waals surface area contributed by atoms with Crippen molar-refractivity contribution in [3.63, 3.8) is 0 Å². The molecule has 4 nitrogen and oxygen atoms in total. The van der Waals surface area contributed by atoms with E-state index in [0.29, 0.717) is 6.04 Å². The van der Waals surface area contributed by atoms with E-state index < -0.39 is 0 Å². The van der Waals surface area contributed by atoms with E-state index in [1.54, 1.807) is 22.9 Å². The molecule has 1 amide bonds. The molecule has 0 atom stereocenters. The van der Waals surface area contributed by atoms with E-state index in [2.05, 4.69) is 10.4 Å². The van der Waals surface area contributed by atoms with Crippen LogP contribution in [-0.2, 0) is 4.79 Å². The topological polar surface area (TPSA) is 46.9 Å². The summed E-state index contributed by atoms with van der Waals surface area (Å²) in [5.74, 6) is -0.323. The summed E-state index contributed by atoms with van der Waals surface area (Å²) in [6.07, 6.45) is 10.5. The number of amides is 1. The zero-order chi connectivity index (χ0) is 18.5. The quantitative estimate of drug-likeness (QED) is 0.649. The number of carbonyl (C=O) groups is 1. The van der Waals surface area contributed by atoms with Gasteiger partial charge in [-0.15, -0.1) is 0 Å². The lowest BCUT2D eigenvalue weighted by atomic mass is 10.1. The van der Waals surface area contributed by atoms with Gasteiger partial charge in [-0.25, -0.2) is 9.07 Å². The molecule has 1 N–H and O–H groups in total. The van der Waals surface area contributed by atoms with Gasteiger partial charge in [0.1, 0.15) is 5.82 Å². The van der Waals surface area contributed by atoms with Crippen LogP contribution in [0, 0.1) is 19.7 Å². The minimum absolute atomic E-state index is 0.0507. The number of hydrogen-bond acceptors (Lipinski definition) is 2. The Morgan fingerprint density at radius 1 is 1.15 bits per heavy atom. The summed E-state index contributed by atoms with van der Waals surface area (Å²) < 4.78 is 14.9. The highest BCUT2D eigenvalue weighted by Crippen LogP contribution is 2.20. The van der Waals surface area contributed by atoms with E-state index in [-0.39, 0.29) is 11.7 Å². The fraction of sp³-hybridized carbons (Fsp3) is 0.429. The average Bonchev–Trinajstić information content (AvgIpc) is 2.79. The number of aromatic nitrogens is 2. The minimum Gasteiger partial charge on any atom is -0.350 e. The first-order chi connectivity index (χ1) is 12.5. The third kappa shape index (κ3) is 4.40. The Labute approximate surface area is 154 Å². The Morgan fingerprint density at radius 2 is 1.81 bits per heavy atom. The van der Waals surface area contributed by atoms with Crippen LogP contribution in [0.1, 0.15) is 55.5 Å². The molecule has 1 aliphatic carbocycles. The van der Waals surface area contributed by atoms with Crippen molar-refractivity contribution in [2.24, 2.45) is 0 Å². The molecule has 0 aliphatic heterocycles. The summed E-state index contributed by atoms with van der Waals surface area (Å²) in [5.41, 5.74) is 3.48. The number of nitrogens with zero attached hydrogens (tertiary/aromatic N) is 2. The normalized spacial score (nSPS) is 16.0. The van der Waals surface area contributed by atoms with Gasteiger partial charge >= 0.3 is 0 Å². The van der Waals surface area contributed by atoms with Crippen molar-refractivity contribution >= 4 is 12.0 Å². The Kier molecular flexibility index (Phi) is 5.86. The fourth-order valence-electron chi connectivity index (χ4n) is 3.56. The first kappa shape index (κ1) is 18.4. The molecule has 1 fully saturated rings. The second kappa shape index (κ2) is 8.30. The largest absolute Gasteiger partial charge is 0.350 e. The van der Waals surface area contributed by atoms with Gasteiger partial charge in [-0.1, -0.05) is 25.7 Å². The Morgan fingerprint density at radius 3 is 2.46 bits per heavy atom. The minimum atomic E-state index is -0.273. The lowest BCUT2D eigenvalue weighted by molar-refractivity contribution is -0.117. The number of nitrogens with one attached hydrogen (secondary N) is 1. The van der Waals surface area contributed by atoms with Gasteiger partial charge in [0, 0.05) is 23.4 Å². The second-order valence-electron chi connectivity index (χ2n) is 7.00. The molecule has 2 aromatic rings. The Hall–Kier alpha value is -2.43. The molecule has 0 saturated heterocycles. The summed E-state index contributed by atoms with van der Waals surface area (Å²) in [4.78, 5) is 12.3. The monoisotopic (exact) mass is 355 g/mol. The predicted octanol–water partition coefficient (Wildman–Crippen LogP) is 4.48. The van der Waals surface area contributed by atoms with Crippen LogP contribution in [-0.4, -0.2) is 21.7 Å². The van der Waals surface area contributed by atoms with E-state index >= 15 is 0 Å². The van der Waals surface area contributed by atoms with Crippen LogP contribution in [0.2, 0.25) is 0 Å². The summed E-state index contributed by atoms with van der Waals surface area (Å²) in [6.45, 7) is 3.86. The summed E-state index contributed by atoms with van der Waals surface area (Å²) >= 11 is 0. The van der Waals surface area contributed by atoms with Crippen LogP contribution < -0.4 is 5.32 Å². The Bertz CT molecular complexity index is 784. The van der Waals surface area contributed by atoms with Crippen LogP contribution in [0.3, 0.4) is 0 Å². The van der Waals surface area contributed by atoms with Crippen LogP contribution >= 0.6 is 0 Å². The first-order valence-electron chi connectivity index (χ1n) is 9.35. The van der Waals surface area contributed by atoms with Gasteiger partial charge in [0.05, 0.1) is 11.4 Å². The fourth-order valence-corrected chi connectivity index (χ4v) is 3.56. The molecule has 0 bridgehead atoms. The molecule has 0 radical (unpaired) electrons. The standard InChI is InChI=1S/C21H26FN3O/c1-15-20(13-14-21(26)23-18-7-5-3-4-6-8-18)16(2)25(24-15)19-11-9-17(22)10-12-19/h9-14,18H,3-8H2,1-2H3,(H,23,26)/b14-13+. The van der Waals surface area contributed by atoms with Crippen LogP contribution in [0.25, 0.3) is 11.8 Å². The van der Waals surface area contributed by atoms with Gasteiger partial charge in [0.25, 0.3) is 0 Å². The van der Waals surface area contributed by atoms with Crippen LogP contribution in [0.15, 0.2) is 30.3 Å². The highest BCUT2D eigenvalue weighted by atomic mass is 19.1. The second-order valence-corrected chi connectivity index (χ2v) is 7.00. The van der Waals surface area contributed by atoms with Gasteiger partial charge in [-0.3, -0.25) is 4.79 Å². The molecule has 1 aromatic carbocycles. The lowest BCUT2D eigenvalue weighted by Gasteiger charge is -2.14. The third-order valence-corrected chi connectivity index (χ3v) is 5.02. The number of carbonyl (C=O) groups excluding carboxylic acids is 1. The van der Waals surface area contributed by atoms with Crippen molar-refractivity contribution < 1.29 is 9.18 Å². The predicted molar refractivity (Wildman–Crippen MR) is 102 cm³/mol. The molecule has 1 aliphatic rings. The smallest absolute Gasteiger partial charge is 0.244 e. The summed E-state index contributed by atoms with van der Waals surface area (Å²) in [5, 5.41) is 7.65. The zero-order valence-corrected chi connectivity index (χ0v) is 15.5. The Balaban J connectivity index is 1.72. The van der Waals surface area contributed by atoms with Crippen molar-refractivity contribution in [1.29, 1.82) is 0 Å². The molecule has 3 rings (SSSR count). The molecular weight excluding hydrogens is 329 g/mol. The molecule has 26 heavy (non-hydrogen) atoms. The molecule has 5 heteroatoms. The van der Waals surface area contributed by atoms with E-state index in [1.165, 1.54) is 37.8 Å². The molecule has 0 spiro atoms. The molecule has 0 unspecified atom stereocenters. The SMILES string of the molecule is Cc1nn(-c2ccc(F)cc2)c(C)c1/C=C/C(=O)NC1CCCCCC1. The lowest BCUT2D eigenvalue weighted by Crippen LogP contribution is -2.33. The van der Waals surface area contributed by atoms with Crippen molar-refractivity contribution in [3.05, 3.63) is 53.1 Å². The summed E-state index contributed by atoms with van der Waals surface area (Å²) in [6, 6.07) is 6.52. The van der Waals surface area contributed by atoms with E-state index in [0.717, 1.165) is 35.5 Å². The third-order valence-electron chi connectivity index (χ3n) is 5.02. The van der Waals surface area contributed by atoms with Gasteiger partial charge < -0.3 is 5.32 Å². The number of aryl methyl sites for hydroxylation is 1. The van der Waals surface area contributed by atoms with E-state index in [9.17, 15) is 9.18 Å². The number of halogens is 1. The van der Waals surface area contributed by atoms with E-state index in [1.807, 2.05) is 19.9 Å². The van der Waals surface area contributed by atoms with Crippen molar-refractivity contribution in [3.8, 4) is 5.69 Å². The molecule has 1 heterocycles. The van der Waals surface area contributed by atoms with Gasteiger partial charge in [0.15, 0.2) is 0 Å². The van der Waals surface area contributed by atoms with Crippen LogP contribution in [0.4, 0.5) is 4.39 Å². The van der Waals surface area contributed by atoms with Gasteiger partial charge in [0.2, 0.25) is 5.91 Å². The maximum atomic E-state index is 13.1. The number of hydrogen-bond donors (Lipinski definition) is 1. The highest BCUT2D eigenvalue weighted by Gasteiger charge is 2.14. The van der Waals surface area contributed by atoms with E-state index in [4.69, 9.17) is 0 Å². The van der Waals surface area contributed by atoms with Crippen LogP contribution in [0.5, 0.6) is 0 Å². The van der Waals surface area contributed by atoms with Crippen molar-refractivity contribution in [1.82, 2.24) is 15.1 Å². The highest BCUT2D eigenvalue weighted by molar-refractivity contribution is 5.92. The average molecular weight is 355 g/mol. The molecule has 1 saturated carbocycles. The van der Waals surface area contributed by atoms with Crippen molar-refractivity contribution in [2.75, 3.05) is 0 Å². The first-order valence-corrected chi connectivity index (χ1v) is 9.35. The van der Waals surface area contributed by atoms with Gasteiger partial charge in [-0.2, -0.15) is 5.10 Å². The zero-order valence-electron chi connectivity index (χ0n) is 15.5. The molecule has 1 aromatic heterocycles. The molecular formula is C21H26FN3O. The van der Waals surface area contributed by atoms with Crippen molar-refractivity contribution in [2.45, 2.75) is 58.4 Å². The maximum Gasteiger partial charge on any atom is 0.244 e. The van der Waals surface area contributed by atoms with Gasteiger partial charge in [-0.05, 0) is 57.0 Å². The number of rotatable bonds is 4. The maximum absolute atomic E-state index is 13.1. The summed E-state index contributed by atoms with van der Waals surface area (Å²) in [7, 11) is 0. The number of benzene rings is 1. The molecule has 138 valence electrons.